The number of nitrogens with one attached hydrogen (secondary N) is 1. The second-order valence-electron chi connectivity index (χ2n) is 4.46. The van der Waals surface area contributed by atoms with Gasteiger partial charge in [-0.1, -0.05) is 36.2 Å². The van der Waals surface area contributed by atoms with E-state index in [1.165, 1.54) is 6.07 Å². The summed E-state index contributed by atoms with van der Waals surface area (Å²) in [5.74, 6) is -0.364. The average Bonchev–Trinajstić information content (AvgIpc) is 2.76. The van der Waals surface area contributed by atoms with Gasteiger partial charge in [0.1, 0.15) is 5.82 Å². The summed E-state index contributed by atoms with van der Waals surface area (Å²) in [5.41, 5.74) is 1.11. The van der Waals surface area contributed by atoms with Crippen LogP contribution in [-0.2, 0) is 6.54 Å². The van der Waals surface area contributed by atoms with Crippen LogP contribution >= 0.6 is 23.2 Å². The first-order chi connectivity index (χ1) is 9.60. The average molecular weight is 316 g/mol. The third-order valence-corrected chi connectivity index (χ3v) is 3.74. The van der Waals surface area contributed by atoms with Crippen LogP contribution in [0.5, 0.6) is 0 Å². The zero-order valence-electron chi connectivity index (χ0n) is 11.3. The van der Waals surface area contributed by atoms with Gasteiger partial charge in [0.05, 0.1) is 23.0 Å². The van der Waals surface area contributed by atoms with Gasteiger partial charge in [0.2, 0.25) is 0 Å². The standard InChI is InChI=1S/C14H16Cl2FN3/c1-3-7-20-14(10(16)8-19-20)13(18-2)12-9(15)5-4-6-11(12)17/h4-6,8,13,18H,3,7H2,1-2H3. The second-order valence-corrected chi connectivity index (χ2v) is 5.27. The summed E-state index contributed by atoms with van der Waals surface area (Å²) in [6, 6.07) is 4.20. The third-order valence-electron chi connectivity index (χ3n) is 3.12. The topological polar surface area (TPSA) is 29.9 Å². The zero-order chi connectivity index (χ0) is 14.7. The van der Waals surface area contributed by atoms with Gasteiger partial charge in [-0.05, 0) is 25.6 Å². The number of aryl methyl sites for hydroxylation is 1. The van der Waals surface area contributed by atoms with Crippen molar-refractivity contribution >= 4 is 23.2 Å². The first-order valence-corrected chi connectivity index (χ1v) is 7.18. The maximum absolute atomic E-state index is 14.1. The number of hydrogen-bond donors (Lipinski definition) is 1. The molecule has 1 aromatic carbocycles. The van der Waals surface area contributed by atoms with E-state index in [2.05, 4.69) is 10.4 Å². The molecule has 20 heavy (non-hydrogen) atoms. The molecule has 0 amide bonds. The van der Waals surface area contributed by atoms with Crippen LogP contribution in [0.25, 0.3) is 0 Å². The fourth-order valence-electron chi connectivity index (χ4n) is 2.25. The van der Waals surface area contributed by atoms with E-state index in [-0.39, 0.29) is 5.82 Å². The molecule has 0 aliphatic carbocycles. The van der Waals surface area contributed by atoms with Gasteiger partial charge in [-0.15, -0.1) is 0 Å². The van der Waals surface area contributed by atoms with Gasteiger partial charge in [-0.3, -0.25) is 4.68 Å². The van der Waals surface area contributed by atoms with Gasteiger partial charge in [-0.25, -0.2) is 4.39 Å². The summed E-state index contributed by atoms with van der Waals surface area (Å²) in [7, 11) is 1.74. The Morgan fingerprint density at radius 1 is 1.35 bits per heavy atom. The molecule has 1 aromatic heterocycles. The molecule has 0 saturated heterocycles. The maximum atomic E-state index is 14.1. The predicted molar refractivity (Wildman–Crippen MR) is 79.8 cm³/mol. The Kier molecular flexibility index (Phi) is 5.02. The highest BCUT2D eigenvalue weighted by Crippen LogP contribution is 2.33. The summed E-state index contributed by atoms with van der Waals surface area (Å²) in [6.07, 6.45) is 2.48. The van der Waals surface area contributed by atoms with Crippen LogP contribution < -0.4 is 5.32 Å². The normalized spacial score (nSPS) is 12.7. The molecule has 2 rings (SSSR count). The fourth-order valence-corrected chi connectivity index (χ4v) is 2.78. The number of rotatable bonds is 5. The molecule has 0 aliphatic heterocycles. The number of halogens is 3. The lowest BCUT2D eigenvalue weighted by Crippen LogP contribution is -2.23. The van der Waals surface area contributed by atoms with E-state index >= 15 is 0 Å². The lowest BCUT2D eigenvalue weighted by molar-refractivity contribution is 0.516. The summed E-state index contributed by atoms with van der Waals surface area (Å²) < 4.78 is 15.9. The van der Waals surface area contributed by atoms with Crippen LogP contribution in [0.1, 0.15) is 30.6 Å². The van der Waals surface area contributed by atoms with Crippen LogP contribution in [0.15, 0.2) is 24.4 Å². The van der Waals surface area contributed by atoms with Crippen LogP contribution in [0.2, 0.25) is 10.0 Å². The van der Waals surface area contributed by atoms with Crippen LogP contribution in [0.4, 0.5) is 4.39 Å². The molecule has 0 spiro atoms. The molecule has 0 aliphatic rings. The smallest absolute Gasteiger partial charge is 0.129 e. The minimum Gasteiger partial charge on any atom is -0.308 e. The van der Waals surface area contributed by atoms with Crippen molar-refractivity contribution < 1.29 is 4.39 Å². The van der Waals surface area contributed by atoms with E-state index in [1.54, 1.807) is 30.1 Å². The van der Waals surface area contributed by atoms with Crippen molar-refractivity contribution in [1.29, 1.82) is 0 Å². The first-order valence-electron chi connectivity index (χ1n) is 6.42. The van der Waals surface area contributed by atoms with E-state index in [0.717, 1.165) is 12.1 Å². The molecule has 0 radical (unpaired) electrons. The number of hydrogen-bond acceptors (Lipinski definition) is 2. The highest BCUT2D eigenvalue weighted by atomic mass is 35.5. The van der Waals surface area contributed by atoms with Gasteiger partial charge >= 0.3 is 0 Å². The Balaban J connectivity index is 2.55. The third kappa shape index (κ3) is 2.82. The van der Waals surface area contributed by atoms with Crippen molar-refractivity contribution in [3.63, 3.8) is 0 Å². The molecule has 6 heteroatoms. The minimum atomic E-state index is -0.440. The van der Waals surface area contributed by atoms with Gasteiger partial charge in [-0.2, -0.15) is 5.10 Å². The molecule has 108 valence electrons. The Morgan fingerprint density at radius 3 is 2.70 bits per heavy atom. The van der Waals surface area contributed by atoms with Crippen molar-refractivity contribution in [3.05, 3.63) is 51.5 Å². The molecule has 0 bridgehead atoms. The van der Waals surface area contributed by atoms with Crippen LogP contribution in [0, 0.1) is 5.82 Å². The molecule has 1 atom stereocenters. The van der Waals surface area contributed by atoms with Gasteiger partial charge < -0.3 is 5.32 Å². The summed E-state index contributed by atoms with van der Waals surface area (Å²) >= 11 is 12.4. The van der Waals surface area contributed by atoms with Gasteiger partial charge in [0.15, 0.2) is 0 Å². The highest BCUT2D eigenvalue weighted by Gasteiger charge is 2.25. The lowest BCUT2D eigenvalue weighted by atomic mass is 10.0. The van der Waals surface area contributed by atoms with Crippen molar-refractivity contribution in [3.8, 4) is 0 Å². The number of nitrogens with zero attached hydrogens (tertiary/aromatic N) is 2. The first kappa shape index (κ1) is 15.3. The SMILES string of the molecule is CCCn1ncc(Cl)c1C(NC)c1c(F)cccc1Cl. The zero-order valence-corrected chi connectivity index (χ0v) is 12.8. The predicted octanol–water partition coefficient (Wildman–Crippen LogP) is 4.05. The molecular formula is C14H16Cl2FN3. The highest BCUT2D eigenvalue weighted by molar-refractivity contribution is 6.32. The van der Waals surface area contributed by atoms with Crippen LogP contribution in [-0.4, -0.2) is 16.8 Å². The van der Waals surface area contributed by atoms with Crippen LogP contribution in [0.3, 0.4) is 0 Å². The molecule has 2 aromatic rings. The quantitative estimate of drug-likeness (QED) is 0.902. The monoisotopic (exact) mass is 315 g/mol. The van der Waals surface area contributed by atoms with Crippen molar-refractivity contribution in [2.45, 2.75) is 25.9 Å². The molecule has 0 saturated carbocycles. The van der Waals surface area contributed by atoms with E-state index in [9.17, 15) is 4.39 Å². The maximum Gasteiger partial charge on any atom is 0.129 e. The Morgan fingerprint density at radius 2 is 2.10 bits per heavy atom. The summed E-state index contributed by atoms with van der Waals surface area (Å²) in [4.78, 5) is 0. The molecule has 1 N–H and O–H groups in total. The van der Waals surface area contributed by atoms with Crippen molar-refractivity contribution in [2.75, 3.05) is 7.05 Å². The van der Waals surface area contributed by atoms with E-state index in [4.69, 9.17) is 23.2 Å². The number of benzene rings is 1. The van der Waals surface area contributed by atoms with Gasteiger partial charge in [0, 0.05) is 17.1 Å². The Labute approximate surface area is 127 Å². The molecule has 1 unspecified atom stereocenters. The molecular weight excluding hydrogens is 300 g/mol. The lowest BCUT2D eigenvalue weighted by Gasteiger charge is -2.20. The largest absolute Gasteiger partial charge is 0.308 e. The van der Waals surface area contributed by atoms with E-state index in [1.807, 2.05) is 6.92 Å². The Bertz CT molecular complexity index is 578. The molecule has 0 fully saturated rings. The second kappa shape index (κ2) is 6.57. The van der Waals surface area contributed by atoms with Gasteiger partial charge in [0.25, 0.3) is 0 Å². The Hall–Kier alpha value is -1.10. The van der Waals surface area contributed by atoms with E-state index in [0.29, 0.717) is 22.2 Å². The van der Waals surface area contributed by atoms with Crippen molar-refractivity contribution in [2.24, 2.45) is 0 Å². The van der Waals surface area contributed by atoms with E-state index < -0.39 is 6.04 Å². The van der Waals surface area contributed by atoms with Crippen molar-refractivity contribution in [1.82, 2.24) is 15.1 Å². The molecule has 1 heterocycles. The molecule has 3 nitrogen and oxygen atoms in total. The fraction of sp³-hybridized carbons (Fsp3) is 0.357. The number of aromatic nitrogens is 2. The summed E-state index contributed by atoms with van der Waals surface area (Å²) in [6.45, 7) is 2.76. The summed E-state index contributed by atoms with van der Waals surface area (Å²) in [5, 5.41) is 8.17. The minimum absolute atomic E-state index is 0.364.